The van der Waals surface area contributed by atoms with Gasteiger partial charge in [-0.05, 0) is 0 Å². The first kappa shape index (κ1) is 5.49. The Hall–Kier alpha value is 0.492. The fourth-order valence-electron chi connectivity index (χ4n) is 0. The van der Waals surface area contributed by atoms with E-state index in [1.807, 2.05) is 13.8 Å². The molecule has 0 aromatic rings. The molecule has 0 amide bonds. The molecule has 0 heterocycles. The molecule has 27 valence electrons. The van der Waals surface area contributed by atoms with E-state index in [1.54, 1.807) is 0 Å². The van der Waals surface area contributed by atoms with Gasteiger partial charge in [0.25, 0.3) is 0 Å². The van der Waals surface area contributed by atoms with E-state index >= 15 is 0 Å². The van der Waals surface area contributed by atoms with Gasteiger partial charge in [-0.3, -0.25) is 0 Å². The van der Waals surface area contributed by atoms with Gasteiger partial charge in [-0.15, -0.1) is 0 Å². The summed E-state index contributed by atoms with van der Waals surface area (Å²) in [6.07, 6.45) is 0.347. The van der Waals surface area contributed by atoms with Crippen LogP contribution < -0.4 is 0 Å². The van der Waals surface area contributed by atoms with Crippen LogP contribution in [0.1, 0.15) is 13.8 Å². The Morgan fingerprint density at radius 2 is 1.80 bits per heavy atom. The second-order valence-corrected chi connectivity index (χ2v) is 1.46. The van der Waals surface area contributed by atoms with E-state index in [0.717, 1.165) is 0 Å². The van der Waals surface area contributed by atoms with Crippen LogP contribution in [-0.4, -0.2) is 22.7 Å². The summed E-state index contributed by atoms with van der Waals surface area (Å²) in [5.74, 6) is 0. The van der Waals surface area contributed by atoms with Crippen LogP contribution in [0.4, 0.5) is 0 Å². The molecule has 0 aliphatic heterocycles. The first-order valence-electron chi connectivity index (χ1n) is 1.63. The molecule has 0 N–H and O–H groups in total. The van der Waals surface area contributed by atoms with Crippen molar-refractivity contribution < 1.29 is 3.79 Å². The Kier molecular flexibility index (Phi) is 2.98. The monoisotopic (exact) mass is 86.0 g/mol. The second kappa shape index (κ2) is 2.72. The molecule has 0 aliphatic rings. The topological polar surface area (TPSA) is 9.23 Å². The minimum atomic E-state index is 0.347. The van der Waals surface area contributed by atoms with Crippen molar-refractivity contribution in [2.24, 2.45) is 0 Å². The van der Waals surface area contributed by atoms with Crippen LogP contribution in [0.5, 0.6) is 0 Å². The molecule has 0 aromatic carbocycles. The number of hydrogen-bond acceptors (Lipinski definition) is 1. The van der Waals surface area contributed by atoms with E-state index in [1.165, 1.54) is 0 Å². The van der Waals surface area contributed by atoms with Crippen molar-refractivity contribution in [2.45, 2.75) is 20.0 Å². The van der Waals surface area contributed by atoms with Gasteiger partial charge in [-0.25, -0.2) is 0 Å². The summed E-state index contributed by atoms with van der Waals surface area (Å²) < 4.78 is 4.67. The SMILES string of the molecule is CC(C)[O][Al+]. The maximum absolute atomic E-state index is 4.67. The molecule has 0 aromatic heterocycles. The molecule has 0 saturated carbocycles. The Balaban J connectivity index is 2.54. The molecule has 0 unspecified atom stereocenters. The van der Waals surface area contributed by atoms with Gasteiger partial charge in [0.1, 0.15) is 0 Å². The molecule has 1 nitrogen and oxygen atoms in total. The molecule has 0 fully saturated rings. The first-order chi connectivity index (χ1) is 2.27. The summed E-state index contributed by atoms with van der Waals surface area (Å²) in [7, 11) is 0. The van der Waals surface area contributed by atoms with Crippen molar-refractivity contribution in [3.8, 4) is 0 Å². The van der Waals surface area contributed by atoms with Crippen LogP contribution >= 0.6 is 0 Å². The van der Waals surface area contributed by atoms with Gasteiger partial charge < -0.3 is 0 Å². The Morgan fingerprint density at radius 1 is 1.60 bits per heavy atom. The fraction of sp³-hybridized carbons (Fsp3) is 1.00. The molecule has 0 spiro atoms. The van der Waals surface area contributed by atoms with E-state index in [9.17, 15) is 0 Å². The van der Waals surface area contributed by atoms with Crippen molar-refractivity contribution >= 4 is 16.6 Å². The minimum absolute atomic E-state index is 0.347. The summed E-state index contributed by atoms with van der Waals surface area (Å²) in [5.41, 5.74) is 0. The van der Waals surface area contributed by atoms with Gasteiger partial charge in [0.05, 0.1) is 0 Å². The van der Waals surface area contributed by atoms with E-state index in [-0.39, 0.29) is 0 Å². The van der Waals surface area contributed by atoms with Crippen molar-refractivity contribution in [1.29, 1.82) is 0 Å². The normalized spacial score (nSPS) is 9.20. The quantitative estimate of drug-likeness (QED) is 0.422. The van der Waals surface area contributed by atoms with Gasteiger partial charge in [-0.1, -0.05) is 0 Å². The molecule has 0 atom stereocenters. The molecular formula is C3H7AlO+. The van der Waals surface area contributed by atoms with Gasteiger partial charge >= 0.3 is 40.4 Å². The van der Waals surface area contributed by atoms with Gasteiger partial charge in [0.2, 0.25) is 0 Å². The third-order valence-corrected chi connectivity index (χ3v) is 0.816. The van der Waals surface area contributed by atoms with Crippen molar-refractivity contribution in [3.05, 3.63) is 0 Å². The maximum atomic E-state index is 4.67. The Bertz CT molecular complexity index is 20.9. The molecule has 0 saturated heterocycles. The van der Waals surface area contributed by atoms with E-state index in [4.69, 9.17) is 0 Å². The van der Waals surface area contributed by atoms with E-state index in [2.05, 4.69) is 20.4 Å². The molecule has 0 aliphatic carbocycles. The van der Waals surface area contributed by atoms with Gasteiger partial charge in [-0.2, -0.15) is 0 Å². The average Bonchev–Trinajstić information content (AvgIpc) is 1.38. The Morgan fingerprint density at radius 3 is 1.80 bits per heavy atom. The fourth-order valence-corrected chi connectivity index (χ4v) is 0. The van der Waals surface area contributed by atoms with Crippen LogP contribution in [-0.2, 0) is 3.79 Å². The molecule has 0 bridgehead atoms. The molecule has 1 radical (unpaired) electrons. The van der Waals surface area contributed by atoms with Crippen LogP contribution in [0, 0.1) is 0 Å². The zero-order valence-corrected chi connectivity index (χ0v) is 4.72. The summed E-state index contributed by atoms with van der Waals surface area (Å²) in [6.45, 7) is 3.96. The van der Waals surface area contributed by atoms with Crippen LogP contribution in [0.2, 0.25) is 0 Å². The third kappa shape index (κ3) is 4.49. The molecule has 0 rings (SSSR count). The predicted molar refractivity (Wildman–Crippen MR) is 22.0 cm³/mol. The van der Waals surface area contributed by atoms with Gasteiger partial charge in [0.15, 0.2) is 0 Å². The molecule has 5 heavy (non-hydrogen) atoms. The standard InChI is InChI=1S/C3H7O.Al/c1-3(2)4;/h3H,1-2H3;/q-1;+2. The van der Waals surface area contributed by atoms with Crippen LogP contribution in [0.25, 0.3) is 0 Å². The first-order valence-corrected chi connectivity index (χ1v) is 2.10. The predicted octanol–water partition coefficient (Wildman–Crippen LogP) is 0.495. The number of hydrogen-bond donors (Lipinski definition) is 0. The zero-order chi connectivity index (χ0) is 4.28. The number of rotatable bonds is 1. The van der Waals surface area contributed by atoms with Crippen LogP contribution in [0.15, 0.2) is 0 Å². The summed E-state index contributed by atoms with van der Waals surface area (Å²) in [6, 6.07) is 0. The third-order valence-electron chi connectivity index (χ3n) is 0.272. The second-order valence-electron chi connectivity index (χ2n) is 1.18. The summed E-state index contributed by atoms with van der Waals surface area (Å²) >= 11 is 2.19. The molecular weight excluding hydrogens is 79.0 g/mol. The van der Waals surface area contributed by atoms with E-state index in [0.29, 0.717) is 6.10 Å². The van der Waals surface area contributed by atoms with Crippen molar-refractivity contribution in [2.75, 3.05) is 0 Å². The van der Waals surface area contributed by atoms with Crippen molar-refractivity contribution in [1.82, 2.24) is 0 Å². The van der Waals surface area contributed by atoms with Crippen LogP contribution in [0.3, 0.4) is 0 Å². The van der Waals surface area contributed by atoms with Gasteiger partial charge in [0, 0.05) is 0 Å². The summed E-state index contributed by atoms with van der Waals surface area (Å²) in [5, 5.41) is 0. The van der Waals surface area contributed by atoms with E-state index < -0.39 is 0 Å². The molecule has 2 heteroatoms. The summed E-state index contributed by atoms with van der Waals surface area (Å²) in [4.78, 5) is 0. The van der Waals surface area contributed by atoms with Crippen molar-refractivity contribution in [3.63, 3.8) is 0 Å². The zero-order valence-electron chi connectivity index (χ0n) is 3.56. The Labute approximate surface area is 41.1 Å². The average molecular weight is 86.1 g/mol.